The Balaban J connectivity index is 1.18. The van der Waals surface area contributed by atoms with Crippen molar-refractivity contribution in [2.24, 2.45) is 5.92 Å². The number of aryl methyl sites for hydroxylation is 1. The molecule has 3 amide bonds. The van der Waals surface area contributed by atoms with Gasteiger partial charge in [0.2, 0.25) is 0 Å². The number of carbonyl (C=O) groups is 2. The molecule has 0 bridgehead atoms. The molecule has 3 aromatic carbocycles. The third-order valence-electron chi connectivity index (χ3n) is 7.46. The van der Waals surface area contributed by atoms with E-state index in [9.17, 15) is 9.59 Å². The maximum absolute atomic E-state index is 13.0. The lowest BCUT2D eigenvalue weighted by Gasteiger charge is -2.40. The zero-order valence-corrected chi connectivity index (χ0v) is 20.5. The zero-order chi connectivity index (χ0) is 24.8. The maximum Gasteiger partial charge on any atom is 0.322 e. The highest BCUT2D eigenvalue weighted by molar-refractivity contribution is 6.07. The van der Waals surface area contributed by atoms with E-state index in [1.54, 1.807) is 0 Å². The molecule has 0 aliphatic carbocycles. The van der Waals surface area contributed by atoms with Crippen LogP contribution in [0.3, 0.4) is 0 Å². The summed E-state index contributed by atoms with van der Waals surface area (Å²) in [5.74, 6) is 0.811. The molecule has 2 heterocycles. The summed E-state index contributed by atoms with van der Waals surface area (Å²) in [7, 11) is 0. The van der Waals surface area contributed by atoms with Crippen molar-refractivity contribution in [2.45, 2.75) is 44.4 Å². The van der Waals surface area contributed by atoms with Gasteiger partial charge in [-0.1, -0.05) is 72.8 Å². The number of ether oxygens (including phenoxy) is 1. The molecule has 3 aromatic rings. The van der Waals surface area contributed by atoms with Gasteiger partial charge < -0.3 is 10.1 Å². The Hall–Kier alpha value is -3.64. The van der Waals surface area contributed by atoms with Crippen molar-refractivity contribution < 1.29 is 14.3 Å². The Kier molecular flexibility index (Phi) is 7.33. The van der Waals surface area contributed by atoms with Gasteiger partial charge in [0.15, 0.2) is 0 Å². The van der Waals surface area contributed by atoms with Gasteiger partial charge in [0.1, 0.15) is 17.9 Å². The average molecular weight is 484 g/mol. The lowest BCUT2D eigenvalue weighted by Crippen LogP contribution is -2.56. The van der Waals surface area contributed by atoms with Crippen molar-refractivity contribution in [3.05, 3.63) is 102 Å². The second kappa shape index (κ2) is 11.0. The Morgan fingerprint density at radius 2 is 1.50 bits per heavy atom. The van der Waals surface area contributed by atoms with Crippen LogP contribution in [0, 0.1) is 5.92 Å². The minimum Gasteiger partial charge on any atom is -0.489 e. The van der Waals surface area contributed by atoms with E-state index in [4.69, 9.17) is 4.74 Å². The fourth-order valence-corrected chi connectivity index (χ4v) is 5.48. The van der Waals surface area contributed by atoms with Gasteiger partial charge in [-0.15, -0.1) is 0 Å². The first-order valence-electron chi connectivity index (χ1n) is 12.8. The van der Waals surface area contributed by atoms with Gasteiger partial charge in [0.25, 0.3) is 5.91 Å². The smallest absolute Gasteiger partial charge is 0.322 e. The fourth-order valence-electron chi connectivity index (χ4n) is 5.48. The van der Waals surface area contributed by atoms with Gasteiger partial charge in [-0.25, -0.2) is 4.79 Å². The predicted molar refractivity (Wildman–Crippen MR) is 139 cm³/mol. The second-order valence-corrected chi connectivity index (χ2v) is 9.84. The lowest BCUT2D eigenvalue weighted by atomic mass is 9.74. The molecule has 2 fully saturated rings. The number of likely N-dealkylation sites (tertiary alicyclic amines) is 1. The molecule has 2 N–H and O–H groups in total. The fraction of sp³-hybridized carbons (Fsp3) is 0.333. The summed E-state index contributed by atoms with van der Waals surface area (Å²) < 4.78 is 6.00. The van der Waals surface area contributed by atoms with Crippen LogP contribution >= 0.6 is 0 Å². The molecule has 0 spiro atoms. The Morgan fingerprint density at radius 1 is 0.833 bits per heavy atom. The molecule has 2 saturated heterocycles. The lowest BCUT2D eigenvalue weighted by molar-refractivity contribution is -0.127. The van der Waals surface area contributed by atoms with Crippen LogP contribution in [0.2, 0.25) is 0 Å². The number of imide groups is 1. The van der Waals surface area contributed by atoms with Crippen molar-refractivity contribution in [2.75, 3.05) is 13.1 Å². The molecule has 2 aliphatic heterocycles. The summed E-state index contributed by atoms with van der Waals surface area (Å²) in [6.07, 6.45) is 3.10. The predicted octanol–water partition coefficient (Wildman–Crippen LogP) is 4.69. The van der Waals surface area contributed by atoms with Gasteiger partial charge in [0, 0.05) is 6.54 Å². The topological polar surface area (TPSA) is 70.7 Å². The van der Waals surface area contributed by atoms with Crippen LogP contribution in [0.5, 0.6) is 5.75 Å². The molecule has 0 aromatic heterocycles. The molecule has 186 valence electrons. The van der Waals surface area contributed by atoms with Crippen molar-refractivity contribution in [1.82, 2.24) is 15.5 Å². The Labute approximate surface area is 212 Å². The minimum absolute atomic E-state index is 0.115. The monoisotopic (exact) mass is 483 g/mol. The van der Waals surface area contributed by atoms with Crippen LogP contribution in [-0.2, 0) is 24.4 Å². The van der Waals surface area contributed by atoms with Crippen LogP contribution in [0.15, 0.2) is 84.9 Å². The summed E-state index contributed by atoms with van der Waals surface area (Å²) in [6, 6.07) is 28.2. The van der Waals surface area contributed by atoms with Crippen molar-refractivity contribution in [3.8, 4) is 5.75 Å². The number of nitrogens with zero attached hydrogens (tertiary/aromatic N) is 1. The number of amides is 3. The maximum atomic E-state index is 13.0. The highest BCUT2D eigenvalue weighted by atomic mass is 16.5. The SMILES string of the molecule is O=C1NC(=O)C(CCc2ccccc2)(C2CCN(Cc3cccc(OCc4ccccc4)c3)CC2)N1. The molecule has 0 radical (unpaired) electrons. The number of hydrogen-bond donors (Lipinski definition) is 2. The first-order chi connectivity index (χ1) is 17.6. The molecule has 2 aliphatic rings. The van der Waals surface area contributed by atoms with E-state index in [2.05, 4.69) is 51.9 Å². The minimum atomic E-state index is -0.829. The van der Waals surface area contributed by atoms with E-state index in [0.717, 1.165) is 50.2 Å². The summed E-state index contributed by atoms with van der Waals surface area (Å²) >= 11 is 0. The van der Waals surface area contributed by atoms with E-state index >= 15 is 0 Å². The van der Waals surface area contributed by atoms with Gasteiger partial charge >= 0.3 is 6.03 Å². The van der Waals surface area contributed by atoms with Gasteiger partial charge in [-0.3, -0.25) is 15.0 Å². The number of urea groups is 1. The Bertz CT molecular complexity index is 1180. The molecular formula is C30H33N3O3. The standard InChI is InChI=1S/C30H33N3O3/c34-28-30(32-29(35)31-28,17-14-23-8-3-1-4-9-23)26-15-18-33(19-16-26)21-25-12-7-13-27(20-25)36-22-24-10-5-2-6-11-24/h1-13,20,26H,14-19,21-22H2,(H2,31,32,34,35). The van der Waals surface area contributed by atoms with E-state index in [0.29, 0.717) is 13.0 Å². The molecular weight excluding hydrogens is 450 g/mol. The van der Waals surface area contributed by atoms with Crippen molar-refractivity contribution in [1.29, 1.82) is 0 Å². The summed E-state index contributed by atoms with van der Waals surface area (Å²) in [4.78, 5) is 27.5. The molecule has 0 saturated carbocycles. The van der Waals surface area contributed by atoms with E-state index < -0.39 is 5.54 Å². The third-order valence-corrected chi connectivity index (χ3v) is 7.46. The first kappa shape index (κ1) is 24.1. The number of benzene rings is 3. The van der Waals surface area contributed by atoms with Crippen molar-refractivity contribution >= 4 is 11.9 Å². The van der Waals surface area contributed by atoms with Gasteiger partial charge in [0.05, 0.1) is 0 Å². The molecule has 36 heavy (non-hydrogen) atoms. The van der Waals surface area contributed by atoms with Crippen molar-refractivity contribution in [3.63, 3.8) is 0 Å². The number of hydrogen-bond acceptors (Lipinski definition) is 4. The summed E-state index contributed by atoms with van der Waals surface area (Å²) in [5.41, 5.74) is 2.71. The largest absolute Gasteiger partial charge is 0.489 e. The number of piperidine rings is 1. The van der Waals surface area contributed by atoms with E-state index in [-0.39, 0.29) is 17.9 Å². The highest BCUT2D eigenvalue weighted by Crippen LogP contribution is 2.35. The summed E-state index contributed by atoms with van der Waals surface area (Å²) in [6.45, 7) is 3.16. The van der Waals surface area contributed by atoms with Gasteiger partial charge in [-0.05, 0) is 73.5 Å². The average Bonchev–Trinajstić information content (AvgIpc) is 3.21. The number of carbonyl (C=O) groups excluding carboxylic acids is 2. The van der Waals surface area contributed by atoms with Crippen LogP contribution in [0.1, 0.15) is 36.0 Å². The normalized spacial score (nSPS) is 20.7. The third kappa shape index (κ3) is 5.60. The van der Waals surface area contributed by atoms with E-state index in [1.807, 2.05) is 48.5 Å². The van der Waals surface area contributed by atoms with Crippen LogP contribution in [0.25, 0.3) is 0 Å². The van der Waals surface area contributed by atoms with Crippen LogP contribution in [0.4, 0.5) is 4.79 Å². The van der Waals surface area contributed by atoms with Gasteiger partial charge in [-0.2, -0.15) is 0 Å². The molecule has 1 unspecified atom stereocenters. The summed E-state index contributed by atoms with van der Waals surface area (Å²) in [5, 5.41) is 5.53. The van der Waals surface area contributed by atoms with E-state index in [1.165, 1.54) is 11.1 Å². The molecule has 6 heteroatoms. The number of nitrogens with one attached hydrogen (secondary N) is 2. The second-order valence-electron chi connectivity index (χ2n) is 9.84. The van der Waals surface area contributed by atoms with Crippen LogP contribution in [-0.4, -0.2) is 35.5 Å². The molecule has 5 rings (SSSR count). The first-order valence-corrected chi connectivity index (χ1v) is 12.8. The molecule has 6 nitrogen and oxygen atoms in total. The highest BCUT2D eigenvalue weighted by Gasteiger charge is 2.51. The van der Waals surface area contributed by atoms with Crippen LogP contribution < -0.4 is 15.4 Å². The molecule has 1 atom stereocenters. The zero-order valence-electron chi connectivity index (χ0n) is 20.5. The quantitative estimate of drug-likeness (QED) is 0.433. The Morgan fingerprint density at radius 3 is 2.17 bits per heavy atom. The number of rotatable bonds is 9.